The summed E-state index contributed by atoms with van der Waals surface area (Å²) in [6, 6.07) is 11.1. The Hall–Kier alpha value is -1.68. The van der Waals surface area contributed by atoms with Crippen LogP contribution in [0.3, 0.4) is 0 Å². The van der Waals surface area contributed by atoms with Crippen molar-refractivity contribution < 1.29 is 4.74 Å². The molecular formula is C13H13BrN2O. The Balaban J connectivity index is 2.31. The van der Waals surface area contributed by atoms with Crippen LogP contribution in [0, 0.1) is 6.92 Å². The van der Waals surface area contributed by atoms with Crippen molar-refractivity contribution in [3.05, 3.63) is 46.4 Å². The van der Waals surface area contributed by atoms with Crippen LogP contribution in [0.25, 0.3) is 0 Å². The van der Waals surface area contributed by atoms with E-state index in [2.05, 4.69) is 15.9 Å². The van der Waals surface area contributed by atoms with Crippen LogP contribution < -0.4 is 16.2 Å². The molecule has 4 N–H and O–H groups in total. The Morgan fingerprint density at radius 2 is 1.88 bits per heavy atom. The average Bonchev–Trinajstić information content (AvgIpc) is 2.30. The lowest BCUT2D eigenvalue weighted by atomic mass is 10.2. The molecule has 0 aliphatic heterocycles. The fourth-order valence-electron chi connectivity index (χ4n) is 1.46. The maximum Gasteiger partial charge on any atom is 0.152 e. The highest BCUT2D eigenvalue weighted by Crippen LogP contribution is 2.32. The highest BCUT2D eigenvalue weighted by molar-refractivity contribution is 9.10. The second kappa shape index (κ2) is 4.67. The van der Waals surface area contributed by atoms with E-state index in [0.29, 0.717) is 17.1 Å². The smallest absolute Gasteiger partial charge is 0.152 e. The standard InChI is InChI=1S/C13H13BrN2O/c1-8-7-9(5-6-10(8)14)17-12-4-2-3-11(15)13(12)16/h2-7H,15-16H2,1H3. The minimum absolute atomic E-state index is 0.466. The lowest BCUT2D eigenvalue weighted by Gasteiger charge is -2.10. The third-order valence-electron chi connectivity index (χ3n) is 2.46. The minimum atomic E-state index is 0.466. The highest BCUT2D eigenvalue weighted by atomic mass is 79.9. The van der Waals surface area contributed by atoms with Gasteiger partial charge < -0.3 is 16.2 Å². The van der Waals surface area contributed by atoms with Gasteiger partial charge in [-0.25, -0.2) is 0 Å². The zero-order chi connectivity index (χ0) is 12.4. The molecule has 0 heterocycles. The molecule has 0 aliphatic carbocycles. The molecule has 0 bridgehead atoms. The molecule has 4 heteroatoms. The molecule has 2 aromatic rings. The number of anilines is 2. The van der Waals surface area contributed by atoms with Gasteiger partial charge in [0, 0.05) is 4.47 Å². The quantitative estimate of drug-likeness (QED) is 0.830. The summed E-state index contributed by atoms with van der Waals surface area (Å²) in [7, 11) is 0. The zero-order valence-corrected chi connectivity index (χ0v) is 11.0. The molecule has 0 aromatic heterocycles. The van der Waals surface area contributed by atoms with Crippen LogP contribution in [-0.4, -0.2) is 0 Å². The first-order valence-electron chi connectivity index (χ1n) is 5.16. The molecule has 0 saturated carbocycles. The van der Waals surface area contributed by atoms with E-state index < -0.39 is 0 Å². The van der Waals surface area contributed by atoms with Crippen molar-refractivity contribution in [1.82, 2.24) is 0 Å². The number of rotatable bonds is 2. The minimum Gasteiger partial charge on any atom is -0.455 e. The summed E-state index contributed by atoms with van der Waals surface area (Å²) >= 11 is 3.44. The monoisotopic (exact) mass is 292 g/mol. The summed E-state index contributed by atoms with van der Waals surface area (Å²) in [4.78, 5) is 0. The largest absolute Gasteiger partial charge is 0.455 e. The number of hydrogen-bond donors (Lipinski definition) is 2. The summed E-state index contributed by atoms with van der Waals surface area (Å²) in [5.74, 6) is 1.31. The molecular weight excluding hydrogens is 280 g/mol. The predicted molar refractivity (Wildman–Crippen MR) is 74.2 cm³/mol. The molecule has 88 valence electrons. The topological polar surface area (TPSA) is 61.3 Å². The summed E-state index contributed by atoms with van der Waals surface area (Å²) in [6.07, 6.45) is 0. The van der Waals surface area contributed by atoms with Gasteiger partial charge in [-0.1, -0.05) is 22.0 Å². The summed E-state index contributed by atoms with van der Waals surface area (Å²) in [5, 5.41) is 0. The first-order chi connectivity index (χ1) is 8.08. The first-order valence-corrected chi connectivity index (χ1v) is 5.95. The van der Waals surface area contributed by atoms with Crippen molar-refractivity contribution in [2.45, 2.75) is 6.92 Å². The Labute approximate surface area is 109 Å². The number of aryl methyl sites for hydroxylation is 1. The predicted octanol–water partition coefficient (Wildman–Crippen LogP) is 3.71. The van der Waals surface area contributed by atoms with E-state index in [4.69, 9.17) is 16.2 Å². The average molecular weight is 293 g/mol. The van der Waals surface area contributed by atoms with Crippen LogP contribution in [-0.2, 0) is 0 Å². The van der Waals surface area contributed by atoms with Gasteiger partial charge in [-0.05, 0) is 42.8 Å². The molecule has 0 radical (unpaired) electrons. The van der Waals surface area contributed by atoms with Gasteiger partial charge >= 0.3 is 0 Å². The summed E-state index contributed by atoms with van der Waals surface area (Å²) < 4.78 is 6.75. The van der Waals surface area contributed by atoms with E-state index in [1.807, 2.05) is 31.2 Å². The van der Waals surface area contributed by atoms with E-state index in [1.165, 1.54) is 0 Å². The van der Waals surface area contributed by atoms with Crippen molar-refractivity contribution in [1.29, 1.82) is 0 Å². The number of ether oxygens (including phenoxy) is 1. The molecule has 2 aromatic carbocycles. The second-order valence-corrected chi connectivity index (χ2v) is 4.63. The number of para-hydroxylation sites is 1. The SMILES string of the molecule is Cc1cc(Oc2cccc(N)c2N)ccc1Br. The molecule has 0 atom stereocenters. The van der Waals surface area contributed by atoms with E-state index in [9.17, 15) is 0 Å². The van der Waals surface area contributed by atoms with Crippen molar-refractivity contribution >= 4 is 27.3 Å². The van der Waals surface area contributed by atoms with Crippen LogP contribution in [0.15, 0.2) is 40.9 Å². The van der Waals surface area contributed by atoms with Gasteiger partial charge in [0.25, 0.3) is 0 Å². The zero-order valence-electron chi connectivity index (χ0n) is 9.41. The molecule has 0 saturated heterocycles. The third-order valence-corrected chi connectivity index (χ3v) is 3.35. The van der Waals surface area contributed by atoms with Crippen LogP contribution in [0.2, 0.25) is 0 Å². The Kier molecular flexibility index (Phi) is 3.24. The summed E-state index contributed by atoms with van der Waals surface area (Å²) in [5.41, 5.74) is 13.6. The Bertz CT molecular complexity index is 555. The van der Waals surface area contributed by atoms with Gasteiger partial charge in [0.05, 0.1) is 11.4 Å². The number of benzene rings is 2. The van der Waals surface area contributed by atoms with Gasteiger partial charge in [0.1, 0.15) is 5.75 Å². The maximum atomic E-state index is 5.84. The van der Waals surface area contributed by atoms with E-state index in [-0.39, 0.29) is 0 Å². The van der Waals surface area contributed by atoms with Gasteiger partial charge in [-0.15, -0.1) is 0 Å². The molecule has 0 amide bonds. The second-order valence-electron chi connectivity index (χ2n) is 3.77. The van der Waals surface area contributed by atoms with Crippen molar-refractivity contribution in [2.24, 2.45) is 0 Å². The van der Waals surface area contributed by atoms with E-state index in [0.717, 1.165) is 15.8 Å². The molecule has 3 nitrogen and oxygen atoms in total. The molecule has 0 aliphatic rings. The van der Waals surface area contributed by atoms with Crippen LogP contribution in [0.5, 0.6) is 11.5 Å². The number of hydrogen-bond acceptors (Lipinski definition) is 3. The molecule has 0 spiro atoms. The van der Waals surface area contributed by atoms with Crippen molar-refractivity contribution in [2.75, 3.05) is 11.5 Å². The van der Waals surface area contributed by atoms with Crippen LogP contribution >= 0.6 is 15.9 Å². The fraction of sp³-hybridized carbons (Fsp3) is 0.0769. The van der Waals surface area contributed by atoms with Gasteiger partial charge in [0.2, 0.25) is 0 Å². The third kappa shape index (κ3) is 2.53. The number of nitrogens with two attached hydrogens (primary N) is 2. The van der Waals surface area contributed by atoms with Gasteiger partial charge in [-0.2, -0.15) is 0 Å². The van der Waals surface area contributed by atoms with E-state index in [1.54, 1.807) is 12.1 Å². The van der Waals surface area contributed by atoms with Crippen LogP contribution in [0.1, 0.15) is 5.56 Å². The molecule has 2 rings (SSSR count). The van der Waals surface area contributed by atoms with Crippen molar-refractivity contribution in [3.8, 4) is 11.5 Å². The molecule has 0 fully saturated rings. The fourth-order valence-corrected chi connectivity index (χ4v) is 1.70. The van der Waals surface area contributed by atoms with Crippen molar-refractivity contribution in [3.63, 3.8) is 0 Å². The Morgan fingerprint density at radius 1 is 1.12 bits per heavy atom. The van der Waals surface area contributed by atoms with Crippen LogP contribution in [0.4, 0.5) is 11.4 Å². The van der Waals surface area contributed by atoms with Gasteiger partial charge in [0.15, 0.2) is 5.75 Å². The van der Waals surface area contributed by atoms with E-state index >= 15 is 0 Å². The lowest BCUT2D eigenvalue weighted by molar-refractivity contribution is 0.485. The summed E-state index contributed by atoms with van der Waals surface area (Å²) in [6.45, 7) is 2.00. The van der Waals surface area contributed by atoms with Gasteiger partial charge in [-0.3, -0.25) is 0 Å². The Morgan fingerprint density at radius 3 is 2.59 bits per heavy atom. The number of nitrogen functional groups attached to an aromatic ring is 2. The lowest BCUT2D eigenvalue weighted by Crippen LogP contribution is -1.97. The number of halogens is 1. The first kappa shape index (κ1) is 11.8. The normalized spacial score (nSPS) is 10.2. The maximum absolute atomic E-state index is 5.84. The highest BCUT2D eigenvalue weighted by Gasteiger charge is 2.05. The molecule has 17 heavy (non-hydrogen) atoms. The molecule has 0 unspecified atom stereocenters.